The van der Waals surface area contributed by atoms with Crippen molar-refractivity contribution in [2.24, 2.45) is 0 Å². The Morgan fingerprint density at radius 3 is 2.71 bits per heavy atom. The molecule has 5 nitrogen and oxygen atoms in total. The first-order valence-electron chi connectivity index (χ1n) is 7.34. The molecule has 0 aliphatic heterocycles. The Morgan fingerprint density at radius 1 is 1.43 bits per heavy atom. The number of hydrogen-bond donors (Lipinski definition) is 2. The van der Waals surface area contributed by atoms with Crippen molar-refractivity contribution in [2.45, 2.75) is 57.7 Å². The van der Waals surface area contributed by atoms with Crippen molar-refractivity contribution < 1.29 is 13.5 Å². The highest BCUT2D eigenvalue weighted by molar-refractivity contribution is 7.99. The first-order valence-corrected chi connectivity index (χ1v) is 9.98. The molecule has 0 bridgehead atoms. The Balaban J connectivity index is 2.77. The minimum atomic E-state index is -3.52. The second-order valence-corrected chi connectivity index (χ2v) is 8.13. The molecule has 0 aromatic carbocycles. The lowest BCUT2D eigenvalue weighted by atomic mass is 10.3. The molecule has 0 aliphatic rings. The van der Waals surface area contributed by atoms with Crippen molar-refractivity contribution in [3.8, 4) is 0 Å². The van der Waals surface area contributed by atoms with E-state index in [0.717, 1.165) is 24.3 Å². The summed E-state index contributed by atoms with van der Waals surface area (Å²) in [5.74, 6) is 1.98. The first-order chi connectivity index (χ1) is 9.94. The minimum absolute atomic E-state index is 0.0962. The normalized spacial score (nSPS) is 13.5. The molecule has 0 aliphatic carbocycles. The fourth-order valence-electron chi connectivity index (χ4n) is 2.05. The van der Waals surface area contributed by atoms with Crippen LogP contribution in [-0.4, -0.2) is 35.6 Å². The number of nitrogens with one attached hydrogen (secondary N) is 1. The zero-order valence-corrected chi connectivity index (χ0v) is 14.6. The summed E-state index contributed by atoms with van der Waals surface area (Å²) in [7, 11) is -3.52. The third kappa shape index (κ3) is 5.65. The van der Waals surface area contributed by atoms with E-state index < -0.39 is 10.0 Å². The van der Waals surface area contributed by atoms with Crippen LogP contribution in [0.3, 0.4) is 0 Å². The number of aliphatic hydroxyl groups excluding tert-OH is 1. The summed E-state index contributed by atoms with van der Waals surface area (Å²) in [4.78, 5) is 0.231. The molecule has 1 aromatic heterocycles. The topological polar surface area (TPSA) is 71.3 Å². The van der Waals surface area contributed by atoms with Gasteiger partial charge >= 0.3 is 0 Å². The van der Waals surface area contributed by atoms with Crippen LogP contribution in [0.4, 0.5) is 0 Å². The van der Waals surface area contributed by atoms with Gasteiger partial charge in [-0.15, -0.1) is 0 Å². The van der Waals surface area contributed by atoms with Crippen molar-refractivity contribution in [3.63, 3.8) is 0 Å². The lowest BCUT2D eigenvalue weighted by Gasteiger charge is -2.13. The number of nitrogens with zero attached hydrogens (tertiary/aromatic N) is 1. The van der Waals surface area contributed by atoms with E-state index >= 15 is 0 Å². The Kier molecular flexibility index (Phi) is 7.79. The highest BCUT2D eigenvalue weighted by atomic mass is 32.2. The van der Waals surface area contributed by atoms with Gasteiger partial charge in [0.25, 0.3) is 0 Å². The van der Waals surface area contributed by atoms with Gasteiger partial charge in [0.05, 0.1) is 11.5 Å². The molecule has 7 heteroatoms. The predicted molar refractivity (Wildman–Crippen MR) is 88.0 cm³/mol. The Morgan fingerprint density at radius 2 is 2.14 bits per heavy atom. The smallest absolute Gasteiger partial charge is 0.242 e. The van der Waals surface area contributed by atoms with Gasteiger partial charge in [0, 0.05) is 24.5 Å². The summed E-state index contributed by atoms with van der Waals surface area (Å²) >= 11 is 1.80. The van der Waals surface area contributed by atoms with Crippen molar-refractivity contribution in [1.82, 2.24) is 9.29 Å². The van der Waals surface area contributed by atoms with E-state index in [1.54, 1.807) is 28.6 Å². The molecule has 122 valence electrons. The highest BCUT2D eigenvalue weighted by Gasteiger charge is 2.20. The zero-order valence-electron chi connectivity index (χ0n) is 13.0. The number of aryl methyl sites for hydroxylation is 1. The summed E-state index contributed by atoms with van der Waals surface area (Å²) in [6.45, 7) is 6.53. The van der Waals surface area contributed by atoms with Crippen LogP contribution in [0, 0.1) is 0 Å². The first kappa shape index (κ1) is 18.5. The van der Waals surface area contributed by atoms with E-state index in [4.69, 9.17) is 0 Å². The molecule has 0 radical (unpaired) electrons. The molecule has 0 amide bonds. The number of hydrogen-bond acceptors (Lipinski definition) is 4. The third-order valence-electron chi connectivity index (χ3n) is 3.15. The zero-order chi connectivity index (χ0) is 15.9. The standard InChI is InChI=1S/C14H26N2O3S2/c1-4-7-16-10-14(9-13(16)11-17)21(18,19)15-12(3)6-8-20-5-2/h9-10,12,15,17H,4-8,11H2,1-3H3. The molecule has 1 aromatic rings. The Hall–Kier alpha value is -0.500. The van der Waals surface area contributed by atoms with Crippen molar-refractivity contribution >= 4 is 21.8 Å². The Bertz CT molecular complexity index is 526. The summed E-state index contributed by atoms with van der Waals surface area (Å²) < 4.78 is 29.2. The average molecular weight is 335 g/mol. The van der Waals surface area contributed by atoms with Gasteiger partial charge in [-0.2, -0.15) is 11.8 Å². The number of rotatable bonds is 10. The monoisotopic (exact) mass is 334 g/mol. The van der Waals surface area contributed by atoms with Gasteiger partial charge in [0.1, 0.15) is 0 Å². The lowest BCUT2D eigenvalue weighted by molar-refractivity contribution is 0.270. The average Bonchev–Trinajstić information content (AvgIpc) is 2.83. The van der Waals surface area contributed by atoms with E-state index in [-0.39, 0.29) is 17.5 Å². The van der Waals surface area contributed by atoms with Crippen molar-refractivity contribution in [1.29, 1.82) is 0 Å². The van der Waals surface area contributed by atoms with Crippen molar-refractivity contribution in [2.75, 3.05) is 11.5 Å². The van der Waals surface area contributed by atoms with Crippen LogP contribution in [-0.2, 0) is 23.2 Å². The lowest BCUT2D eigenvalue weighted by Crippen LogP contribution is -2.32. The van der Waals surface area contributed by atoms with E-state index in [2.05, 4.69) is 11.6 Å². The van der Waals surface area contributed by atoms with Gasteiger partial charge in [-0.3, -0.25) is 0 Å². The largest absolute Gasteiger partial charge is 0.390 e. The quantitative estimate of drug-likeness (QED) is 0.644. The van der Waals surface area contributed by atoms with Crippen molar-refractivity contribution in [3.05, 3.63) is 18.0 Å². The molecule has 21 heavy (non-hydrogen) atoms. The summed E-state index contributed by atoms with van der Waals surface area (Å²) in [5.41, 5.74) is 0.631. The van der Waals surface area contributed by atoms with Gasteiger partial charge in [0.15, 0.2) is 0 Å². The van der Waals surface area contributed by atoms with Crippen LogP contribution >= 0.6 is 11.8 Å². The van der Waals surface area contributed by atoms with E-state index in [1.165, 1.54) is 0 Å². The van der Waals surface area contributed by atoms with Crippen LogP contribution in [0.2, 0.25) is 0 Å². The summed E-state index contributed by atoms with van der Waals surface area (Å²) in [5, 5.41) is 9.31. The molecule has 1 unspecified atom stereocenters. The molecule has 0 fully saturated rings. The molecule has 1 atom stereocenters. The second kappa shape index (κ2) is 8.82. The fraction of sp³-hybridized carbons (Fsp3) is 0.714. The van der Waals surface area contributed by atoms with Gasteiger partial charge in [0.2, 0.25) is 10.0 Å². The second-order valence-electron chi connectivity index (χ2n) is 5.03. The molecule has 2 N–H and O–H groups in total. The molecule has 1 heterocycles. The van der Waals surface area contributed by atoms with Crippen LogP contribution in [0.25, 0.3) is 0 Å². The molecular formula is C14H26N2O3S2. The van der Waals surface area contributed by atoms with Gasteiger partial charge in [-0.1, -0.05) is 13.8 Å². The van der Waals surface area contributed by atoms with Gasteiger partial charge in [-0.25, -0.2) is 13.1 Å². The number of thioether (sulfide) groups is 1. The molecular weight excluding hydrogens is 308 g/mol. The SMILES string of the molecule is CCCn1cc(S(=O)(=O)NC(C)CCSCC)cc1CO. The summed E-state index contributed by atoms with van der Waals surface area (Å²) in [6, 6.07) is 1.45. The summed E-state index contributed by atoms with van der Waals surface area (Å²) in [6.07, 6.45) is 3.30. The predicted octanol–water partition coefficient (Wildman–Crippen LogP) is 2.20. The van der Waals surface area contributed by atoms with Crippen LogP contribution < -0.4 is 4.72 Å². The van der Waals surface area contributed by atoms with Crippen LogP contribution in [0.1, 0.15) is 39.3 Å². The van der Waals surface area contributed by atoms with E-state index in [9.17, 15) is 13.5 Å². The molecule has 0 saturated carbocycles. The maximum Gasteiger partial charge on any atom is 0.242 e. The number of aromatic nitrogens is 1. The molecule has 1 rings (SSSR count). The minimum Gasteiger partial charge on any atom is -0.390 e. The number of aliphatic hydroxyl groups is 1. The molecule has 0 saturated heterocycles. The van der Waals surface area contributed by atoms with Crippen LogP contribution in [0.5, 0.6) is 0 Å². The van der Waals surface area contributed by atoms with E-state index in [0.29, 0.717) is 12.2 Å². The molecule has 0 spiro atoms. The van der Waals surface area contributed by atoms with Crippen LogP contribution in [0.15, 0.2) is 17.2 Å². The fourth-order valence-corrected chi connectivity index (χ4v) is 4.20. The third-order valence-corrected chi connectivity index (χ3v) is 5.64. The van der Waals surface area contributed by atoms with Gasteiger partial charge in [-0.05, 0) is 37.3 Å². The highest BCUT2D eigenvalue weighted by Crippen LogP contribution is 2.16. The van der Waals surface area contributed by atoms with Gasteiger partial charge < -0.3 is 9.67 Å². The number of sulfonamides is 1. The van der Waals surface area contributed by atoms with E-state index in [1.807, 2.05) is 13.8 Å². The maximum absolute atomic E-state index is 12.3. The maximum atomic E-state index is 12.3. The Labute approximate surface area is 132 Å².